The van der Waals surface area contributed by atoms with E-state index in [0.29, 0.717) is 41.2 Å². The van der Waals surface area contributed by atoms with Gasteiger partial charge in [0.05, 0.1) is 32.6 Å². The van der Waals surface area contributed by atoms with Crippen LogP contribution < -0.4 is 19.1 Å². The second-order valence-electron chi connectivity index (χ2n) is 10.3. The minimum absolute atomic E-state index is 0.0309. The Bertz CT molecular complexity index is 1290. The fourth-order valence-corrected chi connectivity index (χ4v) is 5.62. The molecular formula is C29H31NO6. The van der Waals surface area contributed by atoms with E-state index in [9.17, 15) is 9.59 Å². The Morgan fingerprint density at radius 3 is 2.11 bits per heavy atom. The first-order valence-corrected chi connectivity index (χ1v) is 12.0. The first-order chi connectivity index (χ1) is 17.2. The van der Waals surface area contributed by atoms with Crippen molar-refractivity contribution in [2.45, 2.75) is 39.5 Å². The van der Waals surface area contributed by atoms with Crippen molar-refractivity contribution in [1.82, 2.24) is 0 Å². The molecule has 2 heterocycles. The number of ether oxygens (including phenoxy) is 4. The molecule has 2 aromatic carbocycles. The second-order valence-corrected chi connectivity index (χ2v) is 10.3. The SMILES string of the molecule is COc1cc(C2C3=C(CC(C)(C)CC3=O)N(c3ccc(C)cc3)C3=C2C(=O)OC3)cc(OC)c1OC. The topological polar surface area (TPSA) is 74.3 Å². The van der Waals surface area contributed by atoms with E-state index >= 15 is 0 Å². The normalized spacial score (nSPS) is 20.7. The third-order valence-corrected chi connectivity index (χ3v) is 7.20. The maximum Gasteiger partial charge on any atom is 0.337 e. The van der Waals surface area contributed by atoms with Gasteiger partial charge in [-0.05, 0) is 48.6 Å². The zero-order valence-corrected chi connectivity index (χ0v) is 21.6. The molecule has 36 heavy (non-hydrogen) atoms. The molecule has 0 saturated carbocycles. The molecule has 7 nitrogen and oxygen atoms in total. The largest absolute Gasteiger partial charge is 0.493 e. The summed E-state index contributed by atoms with van der Waals surface area (Å²) < 4.78 is 22.3. The van der Waals surface area contributed by atoms with Crippen LogP contribution in [0.15, 0.2) is 58.9 Å². The van der Waals surface area contributed by atoms with Gasteiger partial charge < -0.3 is 23.8 Å². The summed E-state index contributed by atoms with van der Waals surface area (Å²) in [6.45, 7) is 6.40. The van der Waals surface area contributed by atoms with Crippen LogP contribution in [0.4, 0.5) is 5.69 Å². The average molecular weight is 490 g/mol. The van der Waals surface area contributed by atoms with E-state index in [1.807, 2.05) is 43.3 Å². The maximum absolute atomic E-state index is 13.8. The average Bonchev–Trinajstić information content (AvgIpc) is 3.22. The number of hydrogen-bond donors (Lipinski definition) is 0. The van der Waals surface area contributed by atoms with Gasteiger partial charge in [0.15, 0.2) is 17.3 Å². The van der Waals surface area contributed by atoms with Crippen molar-refractivity contribution in [2.75, 3.05) is 32.8 Å². The highest BCUT2D eigenvalue weighted by atomic mass is 16.5. The second kappa shape index (κ2) is 8.73. The van der Waals surface area contributed by atoms with Crippen molar-refractivity contribution in [3.05, 3.63) is 70.1 Å². The van der Waals surface area contributed by atoms with Crippen LogP contribution in [0.25, 0.3) is 0 Å². The smallest absolute Gasteiger partial charge is 0.337 e. The summed E-state index contributed by atoms with van der Waals surface area (Å²) in [5.41, 5.74) is 5.34. The Kier molecular flexibility index (Phi) is 5.81. The molecule has 1 atom stereocenters. The predicted molar refractivity (Wildman–Crippen MR) is 136 cm³/mol. The molecule has 0 spiro atoms. The molecule has 0 aromatic heterocycles. The Hall–Kier alpha value is -3.74. The molecule has 0 N–H and O–H groups in total. The highest BCUT2D eigenvalue weighted by Crippen LogP contribution is 2.54. The van der Waals surface area contributed by atoms with Crippen molar-refractivity contribution >= 4 is 17.4 Å². The van der Waals surface area contributed by atoms with Gasteiger partial charge in [0.1, 0.15) is 6.61 Å². The van der Waals surface area contributed by atoms with Gasteiger partial charge in [0.25, 0.3) is 0 Å². The standard InChI is InChI=1S/C29H31NO6/c1-16-7-9-18(10-8-16)30-19-13-29(2,3)14-21(31)25(19)24(26-20(30)15-36-28(26)32)17-11-22(33-4)27(35-6)23(12-17)34-5/h7-12,24H,13-15H2,1-6H3. The number of carbonyl (C=O) groups is 2. The Labute approximate surface area is 211 Å². The van der Waals surface area contributed by atoms with Gasteiger partial charge in [-0.1, -0.05) is 31.5 Å². The van der Waals surface area contributed by atoms with E-state index in [1.165, 1.54) is 0 Å². The highest BCUT2D eigenvalue weighted by molar-refractivity contribution is 6.06. The van der Waals surface area contributed by atoms with Crippen LogP contribution in [0.1, 0.15) is 43.7 Å². The minimum atomic E-state index is -0.594. The molecule has 5 rings (SSSR count). The van der Waals surface area contributed by atoms with Gasteiger partial charge in [-0.15, -0.1) is 0 Å². The predicted octanol–water partition coefficient (Wildman–Crippen LogP) is 5.08. The summed E-state index contributed by atoms with van der Waals surface area (Å²) in [7, 11) is 4.64. The number of benzene rings is 2. The molecule has 1 aliphatic carbocycles. The number of hydrogen-bond acceptors (Lipinski definition) is 7. The number of methoxy groups -OCH3 is 3. The molecule has 0 amide bonds. The number of rotatable bonds is 5. The van der Waals surface area contributed by atoms with Crippen LogP contribution in [0.5, 0.6) is 17.2 Å². The highest BCUT2D eigenvalue weighted by Gasteiger charge is 2.49. The molecular weight excluding hydrogens is 458 g/mol. The first kappa shape index (κ1) is 24.0. The monoisotopic (exact) mass is 489 g/mol. The van der Waals surface area contributed by atoms with E-state index in [0.717, 1.165) is 28.2 Å². The van der Waals surface area contributed by atoms with Crippen molar-refractivity contribution in [3.8, 4) is 17.2 Å². The van der Waals surface area contributed by atoms with Gasteiger partial charge >= 0.3 is 5.97 Å². The lowest BCUT2D eigenvalue weighted by atomic mass is 9.68. The fourth-order valence-electron chi connectivity index (χ4n) is 5.62. The van der Waals surface area contributed by atoms with Crippen molar-refractivity contribution in [3.63, 3.8) is 0 Å². The van der Waals surface area contributed by atoms with Gasteiger partial charge in [0.2, 0.25) is 5.75 Å². The van der Waals surface area contributed by atoms with Gasteiger partial charge in [-0.3, -0.25) is 4.79 Å². The van der Waals surface area contributed by atoms with Crippen molar-refractivity contribution in [1.29, 1.82) is 0 Å². The van der Waals surface area contributed by atoms with Crippen LogP contribution in [-0.2, 0) is 14.3 Å². The minimum Gasteiger partial charge on any atom is -0.493 e. The Morgan fingerprint density at radius 1 is 0.889 bits per heavy atom. The number of carbonyl (C=O) groups excluding carboxylic acids is 2. The van der Waals surface area contributed by atoms with E-state index in [2.05, 4.69) is 18.7 Å². The number of nitrogens with zero attached hydrogens (tertiary/aromatic N) is 1. The summed E-state index contributed by atoms with van der Waals surface area (Å²) >= 11 is 0. The van der Waals surface area contributed by atoms with E-state index in [4.69, 9.17) is 18.9 Å². The van der Waals surface area contributed by atoms with E-state index in [-0.39, 0.29) is 17.8 Å². The third-order valence-electron chi connectivity index (χ3n) is 7.20. The van der Waals surface area contributed by atoms with Gasteiger partial charge in [-0.25, -0.2) is 4.79 Å². The Morgan fingerprint density at radius 2 is 1.53 bits per heavy atom. The molecule has 3 aliphatic rings. The lowest BCUT2D eigenvalue weighted by Gasteiger charge is -2.43. The van der Waals surface area contributed by atoms with Crippen molar-refractivity contribution < 1.29 is 28.5 Å². The number of allylic oxidation sites excluding steroid dienone is 2. The summed E-state index contributed by atoms with van der Waals surface area (Å²) in [5, 5.41) is 0. The number of Topliss-reactive ketones (excluding diaryl/α,β-unsaturated/α-hetero) is 1. The molecule has 1 unspecified atom stereocenters. The lowest BCUT2D eigenvalue weighted by molar-refractivity contribution is -0.136. The summed E-state index contributed by atoms with van der Waals surface area (Å²) in [6, 6.07) is 11.8. The van der Waals surface area contributed by atoms with E-state index in [1.54, 1.807) is 21.3 Å². The zero-order valence-electron chi connectivity index (χ0n) is 21.6. The molecule has 7 heteroatoms. The molecule has 0 fully saturated rings. The van der Waals surface area contributed by atoms with Gasteiger partial charge in [-0.2, -0.15) is 0 Å². The zero-order chi connectivity index (χ0) is 25.8. The molecule has 0 saturated heterocycles. The first-order valence-electron chi connectivity index (χ1n) is 12.0. The quantitative estimate of drug-likeness (QED) is 0.543. The van der Waals surface area contributed by atoms with Crippen LogP contribution >= 0.6 is 0 Å². The molecule has 2 aromatic rings. The maximum atomic E-state index is 13.8. The molecule has 2 aliphatic heterocycles. The summed E-state index contributed by atoms with van der Waals surface area (Å²) in [4.78, 5) is 29.1. The number of esters is 1. The van der Waals surface area contributed by atoms with Crippen LogP contribution in [0.3, 0.4) is 0 Å². The van der Waals surface area contributed by atoms with Crippen LogP contribution in [0, 0.1) is 12.3 Å². The molecule has 188 valence electrons. The van der Waals surface area contributed by atoms with E-state index < -0.39 is 11.9 Å². The fraction of sp³-hybridized carbons (Fsp3) is 0.379. The Balaban J connectivity index is 1.80. The lowest BCUT2D eigenvalue weighted by Crippen LogP contribution is -2.40. The summed E-state index contributed by atoms with van der Waals surface area (Å²) in [6.07, 6.45) is 1.08. The number of cyclic esters (lactones) is 1. The van der Waals surface area contributed by atoms with Gasteiger partial charge in [0, 0.05) is 29.3 Å². The number of anilines is 1. The molecule has 0 bridgehead atoms. The number of ketones is 1. The molecule has 0 radical (unpaired) electrons. The summed E-state index contributed by atoms with van der Waals surface area (Å²) in [5.74, 6) is 0.408. The number of aryl methyl sites for hydroxylation is 1. The van der Waals surface area contributed by atoms with Crippen LogP contribution in [0.2, 0.25) is 0 Å². The van der Waals surface area contributed by atoms with Crippen LogP contribution in [-0.4, -0.2) is 39.7 Å². The van der Waals surface area contributed by atoms with Crippen molar-refractivity contribution in [2.24, 2.45) is 5.41 Å². The third kappa shape index (κ3) is 3.74.